The molecule has 0 spiro atoms. The van der Waals surface area contributed by atoms with Crippen LogP contribution in [0.4, 0.5) is 8.78 Å². The van der Waals surface area contributed by atoms with Crippen molar-refractivity contribution in [2.24, 2.45) is 17.8 Å². The average molecular weight is 455 g/mol. The highest BCUT2D eigenvalue weighted by molar-refractivity contribution is 5.65. The van der Waals surface area contributed by atoms with Crippen molar-refractivity contribution in [1.29, 1.82) is 0 Å². The summed E-state index contributed by atoms with van der Waals surface area (Å²) in [6, 6.07) is 10.8. The summed E-state index contributed by atoms with van der Waals surface area (Å²) >= 11 is 0. The van der Waals surface area contributed by atoms with E-state index in [1.54, 1.807) is 6.07 Å². The summed E-state index contributed by atoms with van der Waals surface area (Å²) in [5.74, 6) is 0.397. The monoisotopic (exact) mass is 454 g/mol. The lowest BCUT2D eigenvalue weighted by Gasteiger charge is -2.37. The first-order valence-corrected chi connectivity index (χ1v) is 12.6. The van der Waals surface area contributed by atoms with E-state index in [-0.39, 0.29) is 17.4 Å². The molecule has 4 rings (SSSR count). The molecule has 1 saturated carbocycles. The maximum absolute atomic E-state index is 14.6. The van der Waals surface area contributed by atoms with Gasteiger partial charge in [-0.1, -0.05) is 43.3 Å². The molecule has 0 N–H and O–H groups in total. The number of rotatable bonds is 7. The summed E-state index contributed by atoms with van der Waals surface area (Å²) in [6.07, 6.45) is 12.8. The standard InChI is InChI=1S/C29H36F2O2/c1-3-5-20-6-8-21(9-7-20)24-14-16-26(33-19-24)23-12-10-22(11-13-23)25-15-17-27(32-18-4-2)29(31)28(25)30/h3,5,10-13,15,17,20-21,24,26H,4,6-9,14,16,18-19H2,1-2H3. The lowest BCUT2D eigenvalue weighted by molar-refractivity contribution is -0.0395. The van der Waals surface area contributed by atoms with Gasteiger partial charge in [-0.15, -0.1) is 0 Å². The zero-order valence-electron chi connectivity index (χ0n) is 19.9. The normalized spacial score (nSPS) is 25.9. The molecule has 2 aliphatic rings. The van der Waals surface area contributed by atoms with Crippen LogP contribution >= 0.6 is 0 Å². The molecule has 1 aliphatic heterocycles. The van der Waals surface area contributed by atoms with Crippen LogP contribution in [0, 0.1) is 29.4 Å². The molecule has 0 amide bonds. The zero-order valence-corrected chi connectivity index (χ0v) is 19.9. The van der Waals surface area contributed by atoms with Crippen LogP contribution in [0.1, 0.15) is 70.5 Å². The predicted molar refractivity (Wildman–Crippen MR) is 129 cm³/mol. The van der Waals surface area contributed by atoms with Gasteiger partial charge in [-0.3, -0.25) is 0 Å². The average Bonchev–Trinajstić information content (AvgIpc) is 2.86. The summed E-state index contributed by atoms with van der Waals surface area (Å²) in [4.78, 5) is 0. The third-order valence-corrected chi connectivity index (χ3v) is 7.36. The molecule has 4 heteroatoms. The zero-order chi connectivity index (χ0) is 23.2. The van der Waals surface area contributed by atoms with Gasteiger partial charge in [-0.2, -0.15) is 4.39 Å². The minimum absolute atomic E-state index is 0.0322. The SMILES string of the molecule is CC=CC1CCC(C2CCC(c3ccc(-c4ccc(OCCC)c(F)c4F)cc3)OC2)CC1. The number of hydrogen-bond acceptors (Lipinski definition) is 2. The first-order chi connectivity index (χ1) is 16.1. The molecule has 2 atom stereocenters. The third kappa shape index (κ3) is 5.66. The Morgan fingerprint density at radius 2 is 1.64 bits per heavy atom. The van der Waals surface area contributed by atoms with E-state index in [2.05, 4.69) is 19.1 Å². The molecule has 0 bridgehead atoms. The number of hydrogen-bond donors (Lipinski definition) is 0. The van der Waals surface area contributed by atoms with Crippen LogP contribution in [-0.2, 0) is 4.74 Å². The molecule has 2 aromatic rings. The summed E-state index contributed by atoms with van der Waals surface area (Å²) in [5, 5.41) is 0. The third-order valence-electron chi connectivity index (χ3n) is 7.36. The smallest absolute Gasteiger partial charge is 0.201 e. The molecule has 2 nitrogen and oxygen atoms in total. The van der Waals surface area contributed by atoms with Gasteiger partial charge in [-0.05, 0) is 92.9 Å². The largest absolute Gasteiger partial charge is 0.490 e. The van der Waals surface area contributed by atoms with E-state index in [0.29, 0.717) is 18.1 Å². The van der Waals surface area contributed by atoms with Gasteiger partial charge in [0.25, 0.3) is 0 Å². The van der Waals surface area contributed by atoms with Crippen molar-refractivity contribution in [3.05, 3.63) is 65.7 Å². The van der Waals surface area contributed by atoms with E-state index in [9.17, 15) is 8.78 Å². The fourth-order valence-corrected chi connectivity index (χ4v) is 5.44. The van der Waals surface area contributed by atoms with Gasteiger partial charge in [0.05, 0.1) is 19.3 Å². The number of allylic oxidation sites excluding steroid dienone is 2. The maximum Gasteiger partial charge on any atom is 0.201 e. The Morgan fingerprint density at radius 1 is 0.909 bits per heavy atom. The fourth-order valence-electron chi connectivity index (χ4n) is 5.44. The highest BCUT2D eigenvalue weighted by Gasteiger charge is 2.31. The van der Waals surface area contributed by atoms with Crippen LogP contribution in [0.3, 0.4) is 0 Å². The minimum Gasteiger partial charge on any atom is -0.490 e. The lowest BCUT2D eigenvalue weighted by atomic mass is 9.73. The van der Waals surface area contributed by atoms with Crippen molar-refractivity contribution in [2.45, 2.75) is 64.9 Å². The van der Waals surface area contributed by atoms with Gasteiger partial charge in [0.15, 0.2) is 11.6 Å². The van der Waals surface area contributed by atoms with Crippen molar-refractivity contribution < 1.29 is 18.3 Å². The van der Waals surface area contributed by atoms with Gasteiger partial charge in [0.2, 0.25) is 5.82 Å². The van der Waals surface area contributed by atoms with Crippen molar-refractivity contribution in [3.8, 4) is 16.9 Å². The Bertz CT molecular complexity index is 921. The van der Waals surface area contributed by atoms with Crippen LogP contribution in [-0.4, -0.2) is 13.2 Å². The molecule has 178 valence electrons. The number of benzene rings is 2. The molecular weight excluding hydrogens is 418 g/mol. The Labute approximate surface area is 197 Å². The van der Waals surface area contributed by atoms with Crippen LogP contribution in [0.5, 0.6) is 5.75 Å². The summed E-state index contributed by atoms with van der Waals surface area (Å²) in [5.41, 5.74) is 2.02. The van der Waals surface area contributed by atoms with E-state index in [4.69, 9.17) is 9.47 Å². The molecule has 0 radical (unpaired) electrons. The molecule has 2 unspecified atom stereocenters. The van der Waals surface area contributed by atoms with Crippen LogP contribution in [0.2, 0.25) is 0 Å². The van der Waals surface area contributed by atoms with Gasteiger partial charge in [0, 0.05) is 5.56 Å². The van der Waals surface area contributed by atoms with Crippen molar-refractivity contribution in [1.82, 2.24) is 0 Å². The Morgan fingerprint density at radius 3 is 2.27 bits per heavy atom. The van der Waals surface area contributed by atoms with Gasteiger partial charge in [0.1, 0.15) is 0 Å². The molecular formula is C29H36F2O2. The minimum atomic E-state index is -0.925. The van der Waals surface area contributed by atoms with Gasteiger partial charge < -0.3 is 9.47 Å². The second-order valence-electron chi connectivity index (χ2n) is 9.57. The summed E-state index contributed by atoms with van der Waals surface area (Å²) in [6.45, 7) is 5.23. The van der Waals surface area contributed by atoms with Gasteiger partial charge >= 0.3 is 0 Å². The molecule has 1 aliphatic carbocycles. The molecule has 33 heavy (non-hydrogen) atoms. The topological polar surface area (TPSA) is 18.5 Å². The molecule has 1 saturated heterocycles. The summed E-state index contributed by atoms with van der Waals surface area (Å²) in [7, 11) is 0. The summed E-state index contributed by atoms with van der Waals surface area (Å²) < 4.78 is 40.6. The first-order valence-electron chi connectivity index (χ1n) is 12.6. The van der Waals surface area contributed by atoms with Crippen LogP contribution in [0.15, 0.2) is 48.6 Å². The lowest BCUT2D eigenvalue weighted by Crippen LogP contribution is -2.29. The van der Waals surface area contributed by atoms with E-state index >= 15 is 0 Å². The second kappa shape index (κ2) is 11.3. The van der Waals surface area contributed by atoms with E-state index < -0.39 is 11.6 Å². The first kappa shape index (κ1) is 23.9. The quantitative estimate of drug-likeness (QED) is 0.392. The van der Waals surface area contributed by atoms with Crippen molar-refractivity contribution >= 4 is 0 Å². The Kier molecular flexibility index (Phi) is 8.19. The maximum atomic E-state index is 14.6. The molecule has 2 fully saturated rings. The number of ether oxygens (including phenoxy) is 2. The van der Waals surface area contributed by atoms with E-state index in [1.807, 2.05) is 31.2 Å². The molecule has 1 heterocycles. The molecule has 2 aromatic carbocycles. The Balaban J connectivity index is 1.35. The predicted octanol–water partition coefficient (Wildman–Crippen LogP) is 8.27. The number of halogens is 2. The second-order valence-corrected chi connectivity index (χ2v) is 9.57. The van der Waals surface area contributed by atoms with Crippen molar-refractivity contribution in [2.75, 3.05) is 13.2 Å². The highest BCUT2D eigenvalue weighted by Crippen LogP contribution is 2.41. The fraction of sp³-hybridized carbons (Fsp3) is 0.517. The Hall–Kier alpha value is -2.20. The van der Waals surface area contributed by atoms with Gasteiger partial charge in [-0.25, -0.2) is 4.39 Å². The van der Waals surface area contributed by atoms with Crippen LogP contribution < -0.4 is 4.74 Å². The van der Waals surface area contributed by atoms with E-state index in [0.717, 1.165) is 36.8 Å². The molecule has 0 aromatic heterocycles. The van der Waals surface area contributed by atoms with Crippen molar-refractivity contribution in [3.63, 3.8) is 0 Å². The van der Waals surface area contributed by atoms with Crippen LogP contribution in [0.25, 0.3) is 11.1 Å². The highest BCUT2D eigenvalue weighted by atomic mass is 19.2. The van der Waals surface area contributed by atoms with E-state index in [1.165, 1.54) is 38.2 Å².